The van der Waals surface area contributed by atoms with Crippen LogP contribution < -0.4 is 0 Å². The Kier molecular flexibility index (Phi) is 2.56. The molecule has 0 aromatic heterocycles. The van der Waals surface area contributed by atoms with Gasteiger partial charge in [0.05, 0.1) is 5.92 Å². The molecule has 13 heavy (non-hydrogen) atoms. The minimum atomic E-state index is 0.0822. The third-order valence-corrected chi connectivity index (χ3v) is 3.44. The number of hydrogen-bond acceptors (Lipinski definition) is 2. The van der Waals surface area contributed by atoms with Gasteiger partial charge in [-0.3, -0.25) is 4.79 Å². The van der Waals surface area contributed by atoms with Gasteiger partial charge in [-0.25, -0.2) is 0 Å². The summed E-state index contributed by atoms with van der Waals surface area (Å²) < 4.78 is 5.39. The fourth-order valence-corrected chi connectivity index (χ4v) is 2.79. The fraction of sp³-hybridized carbons (Fsp3) is 0.909. The van der Waals surface area contributed by atoms with Crippen LogP contribution in [0.25, 0.3) is 0 Å². The van der Waals surface area contributed by atoms with Crippen molar-refractivity contribution in [3.63, 3.8) is 0 Å². The average Bonchev–Trinajstić information content (AvgIpc) is 2.44. The van der Waals surface area contributed by atoms with E-state index in [0.29, 0.717) is 5.92 Å². The predicted octanol–water partition coefficient (Wildman–Crippen LogP) is 2.52. The first-order valence-electron chi connectivity index (χ1n) is 5.53. The second kappa shape index (κ2) is 3.69. The van der Waals surface area contributed by atoms with Crippen molar-refractivity contribution in [2.24, 2.45) is 11.8 Å². The molecular formula is C11H18O2. The van der Waals surface area contributed by atoms with Gasteiger partial charge in [-0.1, -0.05) is 19.8 Å². The van der Waals surface area contributed by atoms with E-state index in [0.717, 1.165) is 19.3 Å². The van der Waals surface area contributed by atoms with Gasteiger partial charge in [0.2, 0.25) is 0 Å². The number of rotatable bonds is 2. The lowest BCUT2D eigenvalue weighted by atomic mass is 9.78. The van der Waals surface area contributed by atoms with Crippen molar-refractivity contribution in [1.29, 1.82) is 0 Å². The molecule has 2 nitrogen and oxygen atoms in total. The maximum Gasteiger partial charge on any atom is 0.309 e. The van der Waals surface area contributed by atoms with Gasteiger partial charge in [0, 0.05) is 5.92 Å². The van der Waals surface area contributed by atoms with Gasteiger partial charge in [-0.2, -0.15) is 0 Å². The molecule has 0 N–H and O–H groups in total. The van der Waals surface area contributed by atoms with Crippen molar-refractivity contribution in [3.05, 3.63) is 0 Å². The monoisotopic (exact) mass is 182 g/mol. The predicted molar refractivity (Wildman–Crippen MR) is 50.2 cm³/mol. The van der Waals surface area contributed by atoms with E-state index in [2.05, 4.69) is 6.92 Å². The number of hydrogen-bond donors (Lipinski definition) is 0. The Labute approximate surface area is 79.7 Å². The number of ether oxygens (including phenoxy) is 1. The molecule has 2 heteroatoms. The molecule has 1 aliphatic carbocycles. The summed E-state index contributed by atoms with van der Waals surface area (Å²) in [5, 5.41) is 0. The highest BCUT2D eigenvalue weighted by Crippen LogP contribution is 2.40. The van der Waals surface area contributed by atoms with Gasteiger partial charge in [0.25, 0.3) is 0 Å². The van der Waals surface area contributed by atoms with Crippen molar-refractivity contribution in [2.75, 3.05) is 0 Å². The molecule has 1 saturated carbocycles. The Morgan fingerprint density at radius 2 is 2.15 bits per heavy atom. The Morgan fingerprint density at radius 1 is 1.38 bits per heavy atom. The van der Waals surface area contributed by atoms with Crippen LogP contribution in [-0.4, -0.2) is 12.1 Å². The minimum Gasteiger partial charge on any atom is -0.462 e. The third-order valence-electron chi connectivity index (χ3n) is 3.44. The molecule has 3 unspecified atom stereocenters. The summed E-state index contributed by atoms with van der Waals surface area (Å²) in [7, 11) is 0. The smallest absolute Gasteiger partial charge is 0.309 e. The van der Waals surface area contributed by atoms with Crippen molar-refractivity contribution in [3.8, 4) is 0 Å². The van der Waals surface area contributed by atoms with E-state index in [-0.39, 0.29) is 18.0 Å². The molecule has 74 valence electrons. The zero-order valence-corrected chi connectivity index (χ0v) is 8.29. The highest BCUT2D eigenvalue weighted by molar-refractivity contribution is 5.75. The molecule has 2 rings (SSSR count). The van der Waals surface area contributed by atoms with E-state index >= 15 is 0 Å². The standard InChI is InChI=1S/C11H18O2/c1-2-5-9-8-6-3-4-7-10(8)13-11(9)12/h8-10H,2-7H2,1H3. The van der Waals surface area contributed by atoms with Crippen LogP contribution in [0.5, 0.6) is 0 Å². The molecule has 0 radical (unpaired) electrons. The molecule has 2 aliphatic rings. The molecule has 1 heterocycles. The molecular weight excluding hydrogens is 164 g/mol. The van der Waals surface area contributed by atoms with E-state index in [1.54, 1.807) is 0 Å². The van der Waals surface area contributed by atoms with Gasteiger partial charge >= 0.3 is 5.97 Å². The summed E-state index contributed by atoms with van der Waals surface area (Å²) in [6, 6.07) is 0. The van der Waals surface area contributed by atoms with E-state index in [4.69, 9.17) is 4.74 Å². The average molecular weight is 182 g/mol. The van der Waals surface area contributed by atoms with Crippen LogP contribution in [0.4, 0.5) is 0 Å². The first kappa shape index (κ1) is 9.04. The molecule has 1 saturated heterocycles. The minimum absolute atomic E-state index is 0.0822. The molecule has 0 aromatic carbocycles. The fourth-order valence-electron chi connectivity index (χ4n) is 2.79. The van der Waals surface area contributed by atoms with E-state index < -0.39 is 0 Å². The van der Waals surface area contributed by atoms with Crippen LogP contribution in [0, 0.1) is 11.8 Å². The molecule has 0 bridgehead atoms. The Balaban J connectivity index is 2.04. The molecule has 3 atom stereocenters. The summed E-state index contributed by atoms with van der Waals surface area (Å²) in [5.74, 6) is 0.871. The largest absolute Gasteiger partial charge is 0.462 e. The zero-order valence-electron chi connectivity index (χ0n) is 8.29. The SMILES string of the molecule is CCCC1C(=O)OC2CCCCC21. The number of carbonyl (C=O) groups excluding carboxylic acids is 1. The normalized spacial score (nSPS) is 38.5. The number of fused-ring (bicyclic) bond motifs is 1. The maximum absolute atomic E-state index is 11.5. The lowest BCUT2D eigenvalue weighted by Gasteiger charge is -2.25. The number of carbonyl (C=O) groups is 1. The first-order chi connectivity index (χ1) is 6.33. The highest BCUT2D eigenvalue weighted by atomic mass is 16.6. The maximum atomic E-state index is 11.5. The summed E-state index contributed by atoms with van der Waals surface area (Å²) in [5.41, 5.74) is 0. The first-order valence-corrected chi connectivity index (χ1v) is 5.53. The van der Waals surface area contributed by atoms with Crippen molar-refractivity contribution >= 4 is 5.97 Å². The van der Waals surface area contributed by atoms with Gasteiger partial charge < -0.3 is 4.74 Å². The summed E-state index contributed by atoms with van der Waals surface area (Å²) in [4.78, 5) is 11.5. The lowest BCUT2D eigenvalue weighted by Crippen LogP contribution is -2.24. The number of esters is 1. The van der Waals surface area contributed by atoms with Crippen molar-refractivity contribution < 1.29 is 9.53 Å². The van der Waals surface area contributed by atoms with E-state index in [1.807, 2.05) is 0 Å². The Hall–Kier alpha value is -0.530. The Bertz CT molecular complexity index is 200. The van der Waals surface area contributed by atoms with Crippen LogP contribution >= 0.6 is 0 Å². The summed E-state index contributed by atoms with van der Waals surface area (Å²) >= 11 is 0. The summed E-state index contributed by atoms with van der Waals surface area (Å²) in [6.45, 7) is 2.14. The molecule has 0 spiro atoms. The molecule has 0 amide bonds. The Morgan fingerprint density at radius 3 is 2.92 bits per heavy atom. The van der Waals surface area contributed by atoms with Crippen LogP contribution in [0.1, 0.15) is 45.4 Å². The third kappa shape index (κ3) is 1.59. The quantitative estimate of drug-likeness (QED) is 0.613. The topological polar surface area (TPSA) is 26.3 Å². The molecule has 0 aromatic rings. The van der Waals surface area contributed by atoms with Gasteiger partial charge in [0.15, 0.2) is 0 Å². The van der Waals surface area contributed by atoms with Gasteiger partial charge in [0.1, 0.15) is 6.10 Å². The van der Waals surface area contributed by atoms with Crippen molar-refractivity contribution in [2.45, 2.75) is 51.6 Å². The molecule has 2 fully saturated rings. The van der Waals surface area contributed by atoms with E-state index in [9.17, 15) is 4.79 Å². The summed E-state index contributed by atoms with van der Waals surface area (Å²) in [6.07, 6.45) is 7.25. The lowest BCUT2D eigenvalue weighted by molar-refractivity contribution is -0.144. The zero-order chi connectivity index (χ0) is 9.26. The van der Waals surface area contributed by atoms with Crippen LogP contribution in [-0.2, 0) is 9.53 Å². The van der Waals surface area contributed by atoms with Gasteiger partial charge in [-0.15, -0.1) is 0 Å². The van der Waals surface area contributed by atoms with Crippen LogP contribution in [0.3, 0.4) is 0 Å². The van der Waals surface area contributed by atoms with Crippen molar-refractivity contribution in [1.82, 2.24) is 0 Å². The highest BCUT2D eigenvalue weighted by Gasteiger charge is 2.44. The van der Waals surface area contributed by atoms with Gasteiger partial charge in [-0.05, 0) is 25.7 Å². The van der Waals surface area contributed by atoms with Crippen LogP contribution in [0.15, 0.2) is 0 Å². The second-order valence-corrected chi connectivity index (χ2v) is 4.32. The second-order valence-electron chi connectivity index (χ2n) is 4.32. The van der Waals surface area contributed by atoms with Crippen LogP contribution in [0.2, 0.25) is 0 Å². The van der Waals surface area contributed by atoms with E-state index in [1.165, 1.54) is 19.3 Å². The molecule has 1 aliphatic heterocycles.